The Hall–Kier alpha value is -4.71. The third kappa shape index (κ3) is 4.47. The van der Waals surface area contributed by atoms with E-state index in [0.717, 1.165) is 28.7 Å². The molecule has 4 heterocycles. The summed E-state index contributed by atoms with van der Waals surface area (Å²) in [6.45, 7) is 15.7. The van der Waals surface area contributed by atoms with E-state index in [2.05, 4.69) is 53.1 Å². The number of methoxy groups -OCH3 is 2. The molecule has 5 fully saturated rings. The van der Waals surface area contributed by atoms with Crippen molar-refractivity contribution in [3.05, 3.63) is 63.7 Å². The van der Waals surface area contributed by atoms with Gasteiger partial charge in [-0.05, 0) is 91.0 Å². The summed E-state index contributed by atoms with van der Waals surface area (Å²) in [5.41, 5.74) is 2.62. The smallest absolute Gasteiger partial charge is 0.407 e. The number of benzene rings is 1. The first-order chi connectivity index (χ1) is 27.6. The molecular weight excluding hydrogens is 743 g/mol. The lowest BCUT2D eigenvalue weighted by atomic mass is 9.47. The van der Waals surface area contributed by atoms with Crippen LogP contribution in [0.5, 0.6) is 17.2 Å². The molecule has 3 unspecified atom stereocenters. The van der Waals surface area contributed by atoms with Crippen molar-refractivity contribution in [2.45, 2.75) is 114 Å². The second kappa shape index (κ2) is 11.9. The number of hydrogen-bond donors (Lipinski definition) is 2. The number of piperazine rings is 1. The van der Waals surface area contributed by atoms with Gasteiger partial charge in [0, 0.05) is 35.8 Å². The Morgan fingerprint density at radius 1 is 1.09 bits per heavy atom. The van der Waals surface area contributed by atoms with E-state index in [1.807, 2.05) is 34.6 Å². The third-order valence-electron chi connectivity index (χ3n) is 14.8. The number of likely N-dealkylation sites (N-methyl/N-ethyl adjacent to an activating group) is 1. The molecule has 4 aliphatic heterocycles. The predicted octanol–water partition coefficient (Wildman–Crippen LogP) is 4.62. The van der Waals surface area contributed by atoms with Gasteiger partial charge in [-0.15, -0.1) is 0 Å². The maximum atomic E-state index is 14.6. The fourth-order valence-electron chi connectivity index (χ4n) is 12.4. The highest BCUT2D eigenvalue weighted by molar-refractivity contribution is 5.89. The van der Waals surface area contributed by atoms with E-state index in [4.69, 9.17) is 33.2 Å². The minimum absolute atomic E-state index is 0.0171. The van der Waals surface area contributed by atoms with Crippen molar-refractivity contribution >= 4 is 12.0 Å². The number of nitriles is 1. The monoisotopic (exact) mass is 795 g/mol. The van der Waals surface area contributed by atoms with Gasteiger partial charge < -0.3 is 43.8 Å². The molecule has 14 heteroatoms. The minimum Gasteiger partial charge on any atom is -0.493 e. The minimum atomic E-state index is -0.891. The number of nitrogens with one attached hydrogen (secondary N) is 2. The number of ether oxygens (including phenoxy) is 7. The molecule has 2 bridgehead atoms. The molecule has 5 aliphatic carbocycles. The molecule has 308 valence electrons. The Morgan fingerprint density at radius 3 is 2.53 bits per heavy atom. The highest BCUT2D eigenvalue weighted by Crippen LogP contribution is 2.79. The Morgan fingerprint density at radius 2 is 1.84 bits per heavy atom. The summed E-state index contributed by atoms with van der Waals surface area (Å²) in [5.74, 6) is 2.93. The Labute approximate surface area is 339 Å². The quantitative estimate of drug-likeness (QED) is 0.251. The van der Waals surface area contributed by atoms with Crippen LogP contribution in [0, 0.1) is 35.5 Å². The van der Waals surface area contributed by atoms with E-state index < -0.39 is 45.8 Å². The van der Waals surface area contributed by atoms with Crippen molar-refractivity contribution in [1.29, 1.82) is 5.26 Å². The van der Waals surface area contributed by atoms with Crippen molar-refractivity contribution in [3.63, 3.8) is 0 Å². The lowest BCUT2D eigenvalue weighted by Crippen LogP contribution is -2.88. The largest absolute Gasteiger partial charge is 0.493 e. The zero-order chi connectivity index (χ0) is 41.1. The fourth-order valence-corrected chi connectivity index (χ4v) is 12.4. The summed E-state index contributed by atoms with van der Waals surface area (Å²) in [5, 5.41) is 18.0. The van der Waals surface area contributed by atoms with Crippen LogP contribution in [0.15, 0.2) is 47.0 Å². The van der Waals surface area contributed by atoms with Crippen molar-refractivity contribution in [2.24, 2.45) is 17.3 Å². The van der Waals surface area contributed by atoms with Crippen LogP contribution >= 0.6 is 0 Å². The molecule has 1 aromatic carbocycles. The number of alkyl carbamates (subject to hydrolysis) is 1. The number of carbonyl (C=O) groups is 2. The number of amides is 2. The standard InChI is InChI=1S/C44H53N5O9/c1-11-12-54-33-22(3)34-35(57-20-56-34)30-24(33)14-44-31-29-23(13-21(2)32(53-10)36(31)55-19-52-9)25-15-42(25,48(8)37(29)44)28(18-45)49(44)43(30)17-27(43)46-38(50)41(7)16-26(41)47-39(51)58-40(4,5)6/h11,13,25-28,31,37H,1,12,14-17,19-20H2,2-10H3,(H,46,50)(H,47,51)/t25-,26?,27+,28+,31-,37?,41-,42-,43-,44?/m1/s1. The fraction of sp³-hybridized carbons (Fsp3) is 0.614. The number of nitrogens with zero attached hydrogens (tertiary/aromatic N) is 3. The van der Waals surface area contributed by atoms with Crippen LogP contribution in [0.3, 0.4) is 0 Å². The molecule has 3 spiro atoms. The summed E-state index contributed by atoms with van der Waals surface area (Å²) >= 11 is 0. The second-order valence-corrected chi connectivity index (χ2v) is 18.9. The number of fused-ring (bicyclic) bond motifs is 6. The van der Waals surface area contributed by atoms with Crippen LogP contribution in [-0.4, -0.2) is 104 Å². The van der Waals surface area contributed by atoms with E-state index in [0.29, 0.717) is 48.0 Å². The maximum absolute atomic E-state index is 14.6. The van der Waals surface area contributed by atoms with E-state index in [9.17, 15) is 14.9 Å². The van der Waals surface area contributed by atoms with E-state index >= 15 is 0 Å². The predicted molar refractivity (Wildman–Crippen MR) is 208 cm³/mol. The highest BCUT2D eigenvalue weighted by Gasteiger charge is 2.88. The lowest BCUT2D eigenvalue weighted by molar-refractivity contribution is -0.200. The van der Waals surface area contributed by atoms with Gasteiger partial charge in [-0.25, -0.2) is 4.79 Å². The Kier molecular flexibility index (Phi) is 7.74. The molecule has 2 amide bonds. The molecule has 14 nitrogen and oxygen atoms in total. The van der Waals surface area contributed by atoms with Gasteiger partial charge in [-0.1, -0.05) is 18.7 Å². The van der Waals surface area contributed by atoms with Crippen molar-refractivity contribution in [3.8, 4) is 23.3 Å². The van der Waals surface area contributed by atoms with Gasteiger partial charge in [-0.3, -0.25) is 14.6 Å². The summed E-state index contributed by atoms with van der Waals surface area (Å²) in [6.07, 6.45) is 5.77. The summed E-state index contributed by atoms with van der Waals surface area (Å²) in [7, 11) is 5.47. The molecule has 4 saturated carbocycles. The first-order valence-electron chi connectivity index (χ1n) is 20.3. The highest BCUT2D eigenvalue weighted by atomic mass is 16.7. The first-order valence-corrected chi connectivity index (χ1v) is 20.3. The van der Waals surface area contributed by atoms with Gasteiger partial charge in [0.25, 0.3) is 0 Å². The summed E-state index contributed by atoms with van der Waals surface area (Å²) < 4.78 is 43.2. The Balaban J connectivity index is 1.16. The molecule has 2 N–H and O–H groups in total. The molecule has 0 aromatic heterocycles. The zero-order valence-electron chi connectivity index (χ0n) is 34.8. The van der Waals surface area contributed by atoms with Crippen LogP contribution in [0.1, 0.15) is 70.6 Å². The molecule has 1 saturated heterocycles. The number of allylic oxidation sites excluding steroid dienone is 2. The topological polar surface area (TPSA) is 153 Å². The van der Waals surface area contributed by atoms with Crippen LogP contribution in [0.25, 0.3) is 0 Å². The molecule has 1 aromatic rings. The summed E-state index contributed by atoms with van der Waals surface area (Å²) in [4.78, 5) is 32.3. The molecule has 9 aliphatic rings. The SMILES string of the molecule is C=CCOc1c(C)c2c(c3c1CC14C5C6=C(C=C(C)C(OC)=C(OCOC)[C@@H]61)[C@H]1C[C@@]1([C@H](C#N)N4[C@@]31C[C@@H]1NC(=O)[C@]1(C)CC1NC(=O)OC(C)(C)C)N5C)OCO2. The molecule has 10 rings (SSSR count). The van der Waals surface area contributed by atoms with E-state index in [1.165, 1.54) is 11.1 Å². The van der Waals surface area contributed by atoms with Gasteiger partial charge in [-0.2, -0.15) is 5.26 Å². The molecule has 58 heavy (non-hydrogen) atoms. The van der Waals surface area contributed by atoms with Gasteiger partial charge in [0.1, 0.15) is 24.0 Å². The van der Waals surface area contributed by atoms with Gasteiger partial charge in [0.05, 0.1) is 53.2 Å². The van der Waals surface area contributed by atoms with E-state index in [-0.39, 0.29) is 50.0 Å². The average Bonchev–Trinajstić information content (AvgIpc) is 4.10. The average molecular weight is 796 g/mol. The molecular formula is C44H53N5O9. The first kappa shape index (κ1) is 37.6. The molecule has 10 atom stereocenters. The third-order valence-corrected chi connectivity index (χ3v) is 14.8. The van der Waals surface area contributed by atoms with Gasteiger partial charge >= 0.3 is 6.09 Å². The summed E-state index contributed by atoms with van der Waals surface area (Å²) in [6, 6.07) is 1.43. The Bertz CT molecular complexity index is 2240. The van der Waals surface area contributed by atoms with Crippen molar-refractivity contribution in [1.82, 2.24) is 20.4 Å². The van der Waals surface area contributed by atoms with E-state index in [1.54, 1.807) is 20.3 Å². The van der Waals surface area contributed by atoms with Gasteiger partial charge in [0.2, 0.25) is 12.7 Å². The van der Waals surface area contributed by atoms with Crippen LogP contribution in [0.4, 0.5) is 4.79 Å². The zero-order valence-corrected chi connectivity index (χ0v) is 34.8. The van der Waals surface area contributed by atoms with Crippen LogP contribution in [0.2, 0.25) is 0 Å². The van der Waals surface area contributed by atoms with Crippen molar-refractivity contribution in [2.75, 3.05) is 41.5 Å². The molecule has 0 radical (unpaired) electrons. The maximum Gasteiger partial charge on any atom is 0.407 e. The second-order valence-electron chi connectivity index (χ2n) is 18.9. The normalized spacial score (nSPS) is 37.8. The van der Waals surface area contributed by atoms with Gasteiger partial charge in [0.15, 0.2) is 29.8 Å². The van der Waals surface area contributed by atoms with Crippen molar-refractivity contribution < 1.29 is 42.7 Å². The van der Waals surface area contributed by atoms with Crippen LogP contribution in [-0.2, 0) is 35.7 Å². The lowest BCUT2D eigenvalue weighted by Gasteiger charge is -2.75. The van der Waals surface area contributed by atoms with Crippen LogP contribution < -0.4 is 24.8 Å². The number of carbonyl (C=O) groups excluding carboxylic acids is 2. The number of rotatable bonds is 10. The number of hydrogen-bond acceptors (Lipinski definition) is 12.